The summed E-state index contributed by atoms with van der Waals surface area (Å²) in [5, 5.41) is 0. The number of hydrogen-bond donors (Lipinski definition) is 0. The van der Waals surface area contributed by atoms with Crippen LogP contribution in [0.5, 0.6) is 0 Å². The van der Waals surface area contributed by atoms with Crippen LogP contribution in [0.25, 0.3) is 0 Å². The summed E-state index contributed by atoms with van der Waals surface area (Å²) in [6, 6.07) is 9.45. The number of rotatable bonds is 0. The van der Waals surface area contributed by atoms with E-state index in [9.17, 15) is 0 Å². The van der Waals surface area contributed by atoms with Gasteiger partial charge in [-0.3, -0.25) is 0 Å². The van der Waals surface area contributed by atoms with E-state index in [0.717, 1.165) is 0 Å². The molecular formula is C13H15N. The van der Waals surface area contributed by atoms with Crippen molar-refractivity contribution in [3.8, 4) is 0 Å². The molecule has 0 bridgehead atoms. The predicted molar refractivity (Wildman–Crippen MR) is 59.7 cm³/mol. The minimum atomic E-state index is 0.640. The zero-order valence-electron chi connectivity index (χ0n) is 8.53. The van der Waals surface area contributed by atoms with Crippen molar-refractivity contribution in [3.05, 3.63) is 41.5 Å². The fourth-order valence-electron chi connectivity index (χ4n) is 2.62. The van der Waals surface area contributed by atoms with Crippen molar-refractivity contribution in [1.29, 1.82) is 0 Å². The van der Waals surface area contributed by atoms with Crippen LogP contribution in [0.3, 0.4) is 0 Å². The van der Waals surface area contributed by atoms with Crippen LogP contribution in [0.15, 0.2) is 35.9 Å². The highest BCUT2D eigenvalue weighted by molar-refractivity contribution is 5.61. The maximum atomic E-state index is 2.54. The van der Waals surface area contributed by atoms with Gasteiger partial charge in [0, 0.05) is 12.2 Å². The molecule has 72 valence electrons. The van der Waals surface area contributed by atoms with Crippen molar-refractivity contribution in [2.45, 2.75) is 25.8 Å². The Balaban J connectivity index is 2.03. The van der Waals surface area contributed by atoms with Crippen molar-refractivity contribution in [3.63, 3.8) is 0 Å². The molecule has 3 rings (SSSR count). The van der Waals surface area contributed by atoms with Gasteiger partial charge in [0.25, 0.3) is 0 Å². The molecule has 2 aliphatic heterocycles. The molecule has 0 spiro atoms. The Morgan fingerprint density at radius 2 is 2.14 bits per heavy atom. The van der Waals surface area contributed by atoms with Crippen LogP contribution in [0, 0.1) is 0 Å². The van der Waals surface area contributed by atoms with Crippen molar-refractivity contribution >= 4 is 5.69 Å². The van der Waals surface area contributed by atoms with Gasteiger partial charge in [0.05, 0.1) is 6.04 Å². The molecule has 1 heteroatoms. The molecule has 1 unspecified atom stereocenters. The van der Waals surface area contributed by atoms with E-state index >= 15 is 0 Å². The van der Waals surface area contributed by atoms with Crippen LogP contribution in [-0.4, -0.2) is 12.6 Å². The lowest BCUT2D eigenvalue weighted by Gasteiger charge is -2.30. The zero-order chi connectivity index (χ0) is 9.54. The number of hydrogen-bond acceptors (Lipinski definition) is 1. The third-order valence-electron chi connectivity index (χ3n) is 3.35. The average molecular weight is 185 g/mol. The Kier molecular flexibility index (Phi) is 1.66. The van der Waals surface area contributed by atoms with Crippen LogP contribution >= 0.6 is 0 Å². The van der Waals surface area contributed by atoms with E-state index in [4.69, 9.17) is 0 Å². The van der Waals surface area contributed by atoms with Gasteiger partial charge in [-0.25, -0.2) is 0 Å². The molecule has 2 heterocycles. The second-order valence-electron chi connectivity index (χ2n) is 4.36. The first-order chi connectivity index (χ1) is 6.84. The molecule has 1 aromatic carbocycles. The number of anilines is 1. The van der Waals surface area contributed by atoms with E-state index < -0.39 is 0 Å². The minimum Gasteiger partial charge on any atom is -0.364 e. The molecule has 0 radical (unpaired) electrons. The van der Waals surface area contributed by atoms with Gasteiger partial charge in [0.1, 0.15) is 0 Å². The molecule has 0 saturated heterocycles. The van der Waals surface area contributed by atoms with E-state index in [1.807, 2.05) is 0 Å². The number of benzene rings is 1. The smallest absolute Gasteiger partial charge is 0.0516 e. The van der Waals surface area contributed by atoms with Gasteiger partial charge in [-0.2, -0.15) is 0 Å². The van der Waals surface area contributed by atoms with Gasteiger partial charge in [-0.1, -0.05) is 29.8 Å². The van der Waals surface area contributed by atoms with Crippen LogP contribution in [0.4, 0.5) is 5.69 Å². The molecule has 2 aliphatic rings. The highest BCUT2D eigenvalue weighted by Gasteiger charge is 2.29. The summed E-state index contributed by atoms with van der Waals surface area (Å²) >= 11 is 0. The molecule has 0 N–H and O–H groups in total. The Morgan fingerprint density at radius 1 is 1.29 bits per heavy atom. The summed E-state index contributed by atoms with van der Waals surface area (Å²) in [6.07, 6.45) is 4.86. The van der Waals surface area contributed by atoms with Crippen LogP contribution in [0.2, 0.25) is 0 Å². The molecule has 0 aromatic heterocycles. The average Bonchev–Trinajstić information content (AvgIpc) is 2.54. The highest BCUT2D eigenvalue weighted by atomic mass is 15.2. The van der Waals surface area contributed by atoms with Crippen molar-refractivity contribution in [2.24, 2.45) is 0 Å². The van der Waals surface area contributed by atoms with E-state index in [1.165, 1.54) is 30.6 Å². The summed E-state index contributed by atoms with van der Waals surface area (Å²) in [6.45, 7) is 3.45. The first kappa shape index (κ1) is 8.10. The van der Waals surface area contributed by atoms with Crippen molar-refractivity contribution in [2.75, 3.05) is 11.4 Å². The topological polar surface area (TPSA) is 3.24 Å². The van der Waals surface area contributed by atoms with Crippen molar-refractivity contribution in [1.82, 2.24) is 0 Å². The molecule has 1 nitrogen and oxygen atoms in total. The SMILES string of the molecule is CC1=CC2Cc3ccccc3N2CC1. The molecular weight excluding hydrogens is 170 g/mol. The van der Waals surface area contributed by atoms with Gasteiger partial charge in [-0.15, -0.1) is 0 Å². The predicted octanol–water partition coefficient (Wildman–Crippen LogP) is 2.77. The Labute approximate surface area is 85.0 Å². The lowest BCUT2D eigenvalue weighted by atomic mass is 10.0. The second kappa shape index (κ2) is 2.88. The van der Waals surface area contributed by atoms with Gasteiger partial charge >= 0.3 is 0 Å². The van der Waals surface area contributed by atoms with Gasteiger partial charge < -0.3 is 4.90 Å². The van der Waals surface area contributed by atoms with Crippen LogP contribution < -0.4 is 4.90 Å². The Hall–Kier alpha value is -1.24. The van der Waals surface area contributed by atoms with Gasteiger partial charge in [0.2, 0.25) is 0 Å². The quantitative estimate of drug-likeness (QED) is 0.562. The lowest BCUT2D eigenvalue weighted by molar-refractivity contribution is 0.677. The maximum Gasteiger partial charge on any atom is 0.0516 e. The summed E-state index contributed by atoms with van der Waals surface area (Å²) in [5.41, 5.74) is 4.53. The van der Waals surface area contributed by atoms with E-state index in [0.29, 0.717) is 6.04 Å². The molecule has 1 aromatic rings. The highest BCUT2D eigenvalue weighted by Crippen LogP contribution is 2.35. The van der Waals surface area contributed by atoms with Gasteiger partial charge in [-0.05, 0) is 31.4 Å². The number of nitrogens with zero attached hydrogens (tertiary/aromatic N) is 1. The number of para-hydroxylation sites is 1. The summed E-state index contributed by atoms with van der Waals surface area (Å²) in [7, 11) is 0. The molecule has 0 aliphatic carbocycles. The fraction of sp³-hybridized carbons (Fsp3) is 0.385. The van der Waals surface area contributed by atoms with E-state index in [2.05, 4.69) is 42.2 Å². The normalized spacial score (nSPS) is 24.2. The molecule has 0 amide bonds. The summed E-state index contributed by atoms with van der Waals surface area (Å²) in [4.78, 5) is 2.54. The van der Waals surface area contributed by atoms with Crippen LogP contribution in [-0.2, 0) is 6.42 Å². The standard InChI is InChI=1S/C13H15N/c1-10-6-7-14-12(8-10)9-11-4-2-3-5-13(11)14/h2-5,8,12H,6-7,9H2,1H3. The van der Waals surface area contributed by atoms with Gasteiger partial charge in [0.15, 0.2) is 0 Å². The first-order valence-corrected chi connectivity index (χ1v) is 5.36. The zero-order valence-corrected chi connectivity index (χ0v) is 8.53. The third kappa shape index (κ3) is 1.08. The van der Waals surface area contributed by atoms with E-state index in [-0.39, 0.29) is 0 Å². The molecule has 0 saturated carbocycles. The maximum absolute atomic E-state index is 2.54. The first-order valence-electron chi connectivity index (χ1n) is 5.36. The number of fused-ring (bicyclic) bond motifs is 3. The van der Waals surface area contributed by atoms with Crippen molar-refractivity contribution < 1.29 is 0 Å². The summed E-state index contributed by atoms with van der Waals surface area (Å²) < 4.78 is 0. The van der Waals surface area contributed by atoms with Crippen LogP contribution in [0.1, 0.15) is 18.9 Å². The Bertz CT molecular complexity index is 392. The minimum absolute atomic E-state index is 0.640. The largest absolute Gasteiger partial charge is 0.364 e. The second-order valence-corrected chi connectivity index (χ2v) is 4.36. The third-order valence-corrected chi connectivity index (χ3v) is 3.35. The lowest BCUT2D eigenvalue weighted by Crippen LogP contribution is -2.34. The summed E-state index contributed by atoms with van der Waals surface area (Å²) in [5.74, 6) is 0. The Morgan fingerprint density at radius 3 is 3.07 bits per heavy atom. The fourth-order valence-corrected chi connectivity index (χ4v) is 2.62. The monoisotopic (exact) mass is 185 g/mol. The molecule has 1 atom stereocenters. The molecule has 14 heavy (non-hydrogen) atoms. The molecule has 0 fully saturated rings. The van der Waals surface area contributed by atoms with E-state index in [1.54, 1.807) is 5.57 Å².